The Balaban J connectivity index is 2.64. The van der Waals surface area contributed by atoms with Crippen LogP contribution in [0.15, 0.2) is 30.3 Å². The van der Waals surface area contributed by atoms with Crippen LogP contribution in [0.2, 0.25) is 0 Å². The molecule has 0 aliphatic rings. The Kier molecular flexibility index (Phi) is 5.29. The summed E-state index contributed by atoms with van der Waals surface area (Å²) < 4.78 is 0. The number of carbonyl (C=O) groups is 2. The topological polar surface area (TPSA) is 118 Å². The summed E-state index contributed by atoms with van der Waals surface area (Å²) in [5.41, 5.74) is 11.2. The van der Waals surface area contributed by atoms with Gasteiger partial charge in [-0.05, 0) is 5.56 Å². The number of aliphatic hydroxyl groups excluding tert-OH is 1. The number of nitrogens with two attached hydrogens (primary N) is 2. The highest BCUT2D eigenvalue weighted by molar-refractivity contribution is 5.87. The van der Waals surface area contributed by atoms with Crippen molar-refractivity contribution in [2.45, 2.75) is 18.5 Å². The van der Waals surface area contributed by atoms with Gasteiger partial charge in [0.1, 0.15) is 0 Å². The minimum absolute atomic E-state index is 0.223. The number of aliphatic hydroxyl groups is 1. The quantitative estimate of drug-likeness (QED) is 0.520. The zero-order valence-electron chi connectivity index (χ0n) is 9.87. The second kappa shape index (κ2) is 6.73. The molecule has 1 unspecified atom stereocenters. The molecule has 1 rings (SSSR count). The molecule has 0 saturated heterocycles. The maximum atomic E-state index is 11.7. The summed E-state index contributed by atoms with van der Waals surface area (Å²) in [6, 6.07) is 7.44. The van der Waals surface area contributed by atoms with Crippen molar-refractivity contribution in [1.82, 2.24) is 5.32 Å². The first kappa shape index (κ1) is 14.1. The van der Waals surface area contributed by atoms with Crippen molar-refractivity contribution in [1.29, 1.82) is 0 Å². The van der Waals surface area contributed by atoms with E-state index in [9.17, 15) is 14.7 Å². The van der Waals surface area contributed by atoms with Crippen LogP contribution in [0.25, 0.3) is 0 Å². The van der Waals surface area contributed by atoms with Crippen molar-refractivity contribution in [3.05, 3.63) is 35.9 Å². The van der Waals surface area contributed by atoms with Gasteiger partial charge >= 0.3 is 0 Å². The molecular weight excluding hydrogens is 234 g/mol. The second-order valence-electron chi connectivity index (χ2n) is 3.93. The van der Waals surface area contributed by atoms with E-state index in [1.54, 1.807) is 24.3 Å². The van der Waals surface area contributed by atoms with E-state index in [1.807, 2.05) is 6.07 Å². The van der Waals surface area contributed by atoms with Crippen LogP contribution in [0.3, 0.4) is 0 Å². The van der Waals surface area contributed by atoms with Gasteiger partial charge < -0.3 is 21.9 Å². The predicted molar refractivity (Wildman–Crippen MR) is 66.2 cm³/mol. The van der Waals surface area contributed by atoms with E-state index in [4.69, 9.17) is 11.5 Å². The fourth-order valence-corrected chi connectivity index (χ4v) is 1.51. The maximum Gasteiger partial charge on any atom is 0.238 e. The van der Waals surface area contributed by atoms with Gasteiger partial charge in [-0.2, -0.15) is 0 Å². The Bertz CT molecular complexity index is 408. The Labute approximate surface area is 105 Å². The number of nitrogens with one attached hydrogen (secondary N) is 1. The number of rotatable bonds is 6. The lowest BCUT2D eigenvalue weighted by Gasteiger charge is -2.19. The van der Waals surface area contributed by atoms with Gasteiger partial charge in [-0.25, -0.2) is 0 Å². The number of hydrogen-bond donors (Lipinski definition) is 4. The highest BCUT2D eigenvalue weighted by Gasteiger charge is 2.20. The lowest BCUT2D eigenvalue weighted by atomic mass is 10.1. The molecule has 0 heterocycles. The van der Waals surface area contributed by atoms with Gasteiger partial charge in [0.2, 0.25) is 11.8 Å². The Morgan fingerprint density at radius 1 is 1.28 bits per heavy atom. The van der Waals surface area contributed by atoms with E-state index in [-0.39, 0.29) is 13.0 Å². The summed E-state index contributed by atoms with van der Waals surface area (Å²) in [5, 5.41) is 11.8. The van der Waals surface area contributed by atoms with E-state index < -0.39 is 23.9 Å². The van der Waals surface area contributed by atoms with Crippen molar-refractivity contribution in [3.63, 3.8) is 0 Å². The van der Waals surface area contributed by atoms with Gasteiger partial charge in [0.25, 0.3) is 0 Å². The molecule has 0 aliphatic heterocycles. The molecule has 6 N–H and O–H groups in total. The number of hydrogen-bond acceptors (Lipinski definition) is 4. The van der Waals surface area contributed by atoms with Crippen LogP contribution in [0.5, 0.6) is 0 Å². The van der Waals surface area contributed by atoms with Gasteiger partial charge in [-0.3, -0.25) is 9.59 Å². The molecule has 0 bridgehead atoms. The van der Waals surface area contributed by atoms with Crippen LogP contribution in [0, 0.1) is 0 Å². The smallest absolute Gasteiger partial charge is 0.238 e. The van der Waals surface area contributed by atoms with Gasteiger partial charge in [-0.1, -0.05) is 30.3 Å². The van der Waals surface area contributed by atoms with Gasteiger partial charge in [0, 0.05) is 0 Å². The first-order valence-electron chi connectivity index (χ1n) is 5.54. The zero-order chi connectivity index (χ0) is 13.5. The van der Waals surface area contributed by atoms with Crippen LogP contribution >= 0.6 is 0 Å². The van der Waals surface area contributed by atoms with E-state index in [1.165, 1.54) is 0 Å². The minimum atomic E-state index is -1.000. The normalized spacial score (nSPS) is 13.7. The Morgan fingerprint density at radius 3 is 2.39 bits per heavy atom. The lowest BCUT2D eigenvalue weighted by Crippen LogP contribution is -2.45. The van der Waals surface area contributed by atoms with Crippen LogP contribution in [-0.4, -0.2) is 29.6 Å². The lowest BCUT2D eigenvalue weighted by molar-refractivity contribution is -0.127. The molecule has 0 spiro atoms. The average molecular weight is 251 g/mol. The third-order valence-electron chi connectivity index (χ3n) is 2.46. The third-order valence-corrected chi connectivity index (χ3v) is 2.46. The molecule has 0 aromatic heterocycles. The first-order chi connectivity index (χ1) is 8.54. The highest BCUT2D eigenvalue weighted by Crippen LogP contribution is 2.11. The van der Waals surface area contributed by atoms with Crippen LogP contribution in [0.1, 0.15) is 18.0 Å². The monoisotopic (exact) mass is 251 g/mol. The molecule has 0 saturated carbocycles. The van der Waals surface area contributed by atoms with Crippen molar-refractivity contribution in [2.75, 3.05) is 6.61 Å². The first-order valence-corrected chi connectivity index (χ1v) is 5.54. The number of benzene rings is 1. The van der Waals surface area contributed by atoms with E-state index in [2.05, 4.69) is 5.32 Å². The molecule has 0 radical (unpaired) electrons. The largest absolute Gasteiger partial charge is 0.394 e. The van der Waals surface area contributed by atoms with Crippen molar-refractivity contribution in [2.24, 2.45) is 11.5 Å². The van der Waals surface area contributed by atoms with Crippen LogP contribution in [-0.2, 0) is 9.59 Å². The van der Waals surface area contributed by atoms with Crippen LogP contribution < -0.4 is 16.8 Å². The molecule has 0 fully saturated rings. The summed E-state index contributed by atoms with van der Waals surface area (Å²) >= 11 is 0. The maximum absolute atomic E-state index is 11.7. The zero-order valence-corrected chi connectivity index (χ0v) is 9.87. The minimum Gasteiger partial charge on any atom is -0.394 e. The predicted octanol–water partition coefficient (Wildman–Crippen LogP) is -0.961. The van der Waals surface area contributed by atoms with Gasteiger partial charge in [0.05, 0.1) is 25.1 Å². The second-order valence-corrected chi connectivity index (χ2v) is 3.93. The SMILES string of the molecule is NC(=O)CC(N)C(=O)N[C@H](CO)c1ccccc1. The molecule has 0 aliphatic carbocycles. The standard InChI is InChI=1S/C12H17N3O3/c13-9(6-11(14)17)12(18)15-10(7-16)8-4-2-1-3-5-8/h1-5,9-10,16H,6-7,13H2,(H2,14,17)(H,15,18)/t9?,10-/m1/s1. The summed E-state index contributed by atoms with van der Waals surface area (Å²) in [7, 11) is 0. The Morgan fingerprint density at radius 2 is 1.89 bits per heavy atom. The van der Waals surface area contributed by atoms with Gasteiger partial charge in [0.15, 0.2) is 0 Å². The molecule has 18 heavy (non-hydrogen) atoms. The third kappa shape index (κ3) is 4.15. The Hall–Kier alpha value is -1.92. The number of amides is 2. The van der Waals surface area contributed by atoms with E-state index >= 15 is 0 Å². The fourth-order valence-electron chi connectivity index (χ4n) is 1.51. The average Bonchev–Trinajstić information content (AvgIpc) is 2.35. The molecule has 6 heteroatoms. The summed E-state index contributed by atoms with van der Waals surface area (Å²) in [6.45, 7) is -0.251. The van der Waals surface area contributed by atoms with E-state index in [0.717, 1.165) is 5.56 Å². The molecular formula is C12H17N3O3. The molecule has 1 aromatic carbocycles. The van der Waals surface area contributed by atoms with Crippen molar-refractivity contribution in [3.8, 4) is 0 Å². The number of primary amides is 1. The van der Waals surface area contributed by atoms with Gasteiger partial charge in [-0.15, -0.1) is 0 Å². The summed E-state index contributed by atoms with van der Waals surface area (Å²) in [4.78, 5) is 22.3. The molecule has 2 amide bonds. The van der Waals surface area contributed by atoms with Crippen LogP contribution in [0.4, 0.5) is 0 Å². The molecule has 98 valence electrons. The summed E-state index contributed by atoms with van der Waals surface area (Å²) in [5.74, 6) is -1.16. The molecule has 2 atom stereocenters. The fraction of sp³-hybridized carbons (Fsp3) is 0.333. The highest BCUT2D eigenvalue weighted by atomic mass is 16.3. The number of carbonyl (C=O) groups excluding carboxylic acids is 2. The summed E-state index contributed by atoms with van der Waals surface area (Å²) in [6.07, 6.45) is -0.223. The molecule has 6 nitrogen and oxygen atoms in total. The van der Waals surface area contributed by atoms with Crippen molar-refractivity contribution < 1.29 is 14.7 Å². The molecule has 1 aromatic rings. The van der Waals surface area contributed by atoms with Crippen molar-refractivity contribution >= 4 is 11.8 Å². The van der Waals surface area contributed by atoms with E-state index in [0.29, 0.717) is 0 Å².